The van der Waals surface area contributed by atoms with E-state index in [0.717, 1.165) is 59.5 Å². The van der Waals surface area contributed by atoms with Gasteiger partial charge in [-0.1, -0.05) is 6.07 Å². The van der Waals surface area contributed by atoms with Gasteiger partial charge in [0.2, 0.25) is 11.8 Å². The van der Waals surface area contributed by atoms with Gasteiger partial charge < -0.3 is 20.9 Å². The summed E-state index contributed by atoms with van der Waals surface area (Å²) in [7, 11) is 2.07. The second-order valence-electron chi connectivity index (χ2n) is 9.12. The Bertz CT molecular complexity index is 1410. The van der Waals surface area contributed by atoms with Gasteiger partial charge in [0, 0.05) is 61.0 Å². The second kappa shape index (κ2) is 10.2. The summed E-state index contributed by atoms with van der Waals surface area (Å²) in [6, 6.07) is 15.2. The van der Waals surface area contributed by atoms with E-state index < -0.39 is 5.91 Å². The number of piperazine rings is 1. The van der Waals surface area contributed by atoms with Crippen molar-refractivity contribution in [3.05, 3.63) is 72.1 Å². The fourth-order valence-electron chi connectivity index (χ4n) is 4.55. The fraction of sp³-hybridized carbons (Fsp3) is 0.259. The van der Waals surface area contributed by atoms with Gasteiger partial charge in [0.25, 0.3) is 0 Å². The highest BCUT2D eigenvalue weighted by Gasteiger charge is 2.20. The van der Waals surface area contributed by atoms with Crippen molar-refractivity contribution in [2.75, 3.05) is 38.5 Å². The Hall–Kier alpha value is -4.24. The molecule has 0 saturated carbocycles. The molecule has 0 spiro atoms. The number of amides is 2. The van der Waals surface area contributed by atoms with Crippen LogP contribution in [-0.2, 0) is 11.2 Å². The lowest BCUT2D eigenvalue weighted by Crippen LogP contribution is -2.47. The number of nitrogens with two attached hydrogens (primary N) is 1. The van der Waals surface area contributed by atoms with Crippen LogP contribution in [0, 0.1) is 0 Å². The highest BCUT2D eigenvalue weighted by atomic mass is 16.2. The van der Waals surface area contributed by atoms with Gasteiger partial charge in [-0.05, 0) is 67.1 Å². The third kappa shape index (κ3) is 5.06. The molecule has 2 amide bonds. The van der Waals surface area contributed by atoms with Crippen LogP contribution < -0.4 is 11.1 Å². The van der Waals surface area contributed by atoms with E-state index in [4.69, 9.17) is 5.73 Å². The number of hydrogen-bond donors (Lipinski definition) is 3. The van der Waals surface area contributed by atoms with Crippen LogP contribution in [0.25, 0.3) is 22.0 Å². The molecular formula is C27H29N7O2. The summed E-state index contributed by atoms with van der Waals surface area (Å²) in [5.74, 6) is 0.302. The molecule has 0 unspecified atom stereocenters. The molecule has 0 atom stereocenters. The van der Waals surface area contributed by atoms with E-state index in [1.54, 1.807) is 24.5 Å². The van der Waals surface area contributed by atoms with Crippen molar-refractivity contribution >= 4 is 34.2 Å². The molecule has 3 heterocycles. The Kier molecular flexibility index (Phi) is 6.64. The van der Waals surface area contributed by atoms with Crippen molar-refractivity contribution in [1.82, 2.24) is 25.0 Å². The molecule has 0 bridgehead atoms. The molecule has 1 aliphatic rings. The van der Waals surface area contributed by atoms with E-state index in [9.17, 15) is 9.59 Å². The molecule has 0 radical (unpaired) electrons. The Morgan fingerprint density at radius 2 is 1.89 bits per heavy atom. The summed E-state index contributed by atoms with van der Waals surface area (Å²) in [5, 5.41) is 11.5. The highest BCUT2D eigenvalue weighted by Crippen LogP contribution is 2.33. The van der Waals surface area contributed by atoms with Crippen LogP contribution >= 0.6 is 0 Å². The first-order chi connectivity index (χ1) is 17.5. The zero-order valence-corrected chi connectivity index (χ0v) is 20.2. The number of H-pyrrole nitrogens is 1. The summed E-state index contributed by atoms with van der Waals surface area (Å²) in [6.45, 7) is 3.23. The number of carbonyl (C=O) groups excluding carboxylic acids is 2. The number of nitrogens with one attached hydrogen (secondary N) is 2. The minimum absolute atomic E-state index is 0.121. The van der Waals surface area contributed by atoms with Gasteiger partial charge in [0.1, 0.15) is 5.82 Å². The van der Waals surface area contributed by atoms with Gasteiger partial charge in [-0.15, -0.1) is 0 Å². The first kappa shape index (κ1) is 23.5. The quantitative estimate of drug-likeness (QED) is 0.371. The van der Waals surface area contributed by atoms with Crippen molar-refractivity contribution in [1.29, 1.82) is 0 Å². The third-order valence-electron chi connectivity index (χ3n) is 6.66. The largest absolute Gasteiger partial charge is 0.366 e. The number of fused-ring (bicyclic) bond motifs is 1. The third-order valence-corrected chi connectivity index (χ3v) is 6.66. The number of pyridine rings is 1. The fourth-order valence-corrected chi connectivity index (χ4v) is 4.55. The van der Waals surface area contributed by atoms with Crippen molar-refractivity contribution in [2.45, 2.75) is 12.8 Å². The molecule has 9 nitrogen and oxygen atoms in total. The van der Waals surface area contributed by atoms with Crippen LogP contribution in [-0.4, -0.2) is 70.0 Å². The lowest BCUT2D eigenvalue weighted by Gasteiger charge is -2.32. The minimum Gasteiger partial charge on any atom is -0.366 e. The van der Waals surface area contributed by atoms with Crippen LogP contribution in [0.15, 0.2) is 60.9 Å². The van der Waals surface area contributed by atoms with Gasteiger partial charge >= 0.3 is 0 Å². The zero-order chi connectivity index (χ0) is 25.1. The van der Waals surface area contributed by atoms with Crippen molar-refractivity contribution in [2.24, 2.45) is 5.73 Å². The average molecular weight is 484 g/mol. The summed E-state index contributed by atoms with van der Waals surface area (Å²) < 4.78 is 0. The van der Waals surface area contributed by atoms with Gasteiger partial charge in [-0.25, -0.2) is 4.98 Å². The number of aromatic nitrogens is 3. The van der Waals surface area contributed by atoms with Crippen molar-refractivity contribution in [3.63, 3.8) is 0 Å². The van der Waals surface area contributed by atoms with E-state index in [1.807, 2.05) is 41.3 Å². The van der Waals surface area contributed by atoms with Crippen molar-refractivity contribution in [3.8, 4) is 11.1 Å². The van der Waals surface area contributed by atoms with Crippen molar-refractivity contribution < 1.29 is 9.59 Å². The molecule has 36 heavy (non-hydrogen) atoms. The summed E-state index contributed by atoms with van der Waals surface area (Å²) in [6.07, 6.45) is 4.37. The Balaban J connectivity index is 1.43. The number of rotatable bonds is 7. The molecular weight excluding hydrogens is 454 g/mol. The summed E-state index contributed by atoms with van der Waals surface area (Å²) in [4.78, 5) is 33.6. The lowest BCUT2D eigenvalue weighted by molar-refractivity contribution is -0.132. The number of aromatic amines is 1. The van der Waals surface area contributed by atoms with E-state index in [-0.39, 0.29) is 5.91 Å². The number of likely N-dealkylation sites (N-methyl/N-ethyl adjacent to an activating group) is 1. The molecule has 4 aromatic rings. The topological polar surface area (TPSA) is 120 Å². The minimum atomic E-state index is -0.495. The first-order valence-electron chi connectivity index (χ1n) is 12.0. The number of anilines is 2. The van der Waals surface area contributed by atoms with Crippen LogP contribution in [0.5, 0.6) is 0 Å². The molecule has 0 aliphatic carbocycles. The molecule has 1 aliphatic heterocycles. The molecule has 184 valence electrons. The molecule has 1 fully saturated rings. The Labute approximate surface area is 209 Å². The Morgan fingerprint density at radius 3 is 2.69 bits per heavy atom. The molecule has 9 heteroatoms. The maximum absolute atomic E-state index is 12.9. The number of hydrogen-bond acceptors (Lipinski definition) is 6. The molecule has 4 N–H and O–H groups in total. The van der Waals surface area contributed by atoms with E-state index in [0.29, 0.717) is 24.2 Å². The lowest BCUT2D eigenvalue weighted by atomic mass is 9.94. The maximum atomic E-state index is 12.9. The van der Waals surface area contributed by atoms with Crippen LogP contribution in [0.1, 0.15) is 22.3 Å². The van der Waals surface area contributed by atoms with Crippen LogP contribution in [0.4, 0.5) is 11.5 Å². The second-order valence-corrected chi connectivity index (χ2v) is 9.12. The zero-order valence-electron chi connectivity index (χ0n) is 20.2. The number of carbonyl (C=O) groups is 2. The van der Waals surface area contributed by atoms with Gasteiger partial charge in [-0.3, -0.25) is 14.7 Å². The van der Waals surface area contributed by atoms with Gasteiger partial charge in [-0.2, -0.15) is 5.10 Å². The first-order valence-corrected chi connectivity index (χ1v) is 12.0. The van der Waals surface area contributed by atoms with Crippen LogP contribution in [0.3, 0.4) is 0 Å². The number of benzene rings is 2. The SMILES string of the molecule is CN1CCN(C(=O)CCc2cc(C(N)=O)ccc2-c2cccnc2Nc2ccc3cn[nH]c3c2)CC1. The predicted octanol–water partition coefficient (Wildman–Crippen LogP) is 3.17. The normalized spacial score (nSPS) is 14.2. The summed E-state index contributed by atoms with van der Waals surface area (Å²) >= 11 is 0. The molecule has 2 aromatic heterocycles. The average Bonchev–Trinajstić information content (AvgIpc) is 3.36. The van der Waals surface area contributed by atoms with Crippen LogP contribution in [0.2, 0.25) is 0 Å². The van der Waals surface area contributed by atoms with E-state index >= 15 is 0 Å². The monoisotopic (exact) mass is 483 g/mol. The predicted molar refractivity (Wildman–Crippen MR) is 140 cm³/mol. The van der Waals surface area contributed by atoms with Gasteiger partial charge in [0.15, 0.2) is 0 Å². The van der Waals surface area contributed by atoms with E-state index in [2.05, 4.69) is 32.4 Å². The molecule has 2 aromatic carbocycles. The molecule has 1 saturated heterocycles. The smallest absolute Gasteiger partial charge is 0.248 e. The van der Waals surface area contributed by atoms with Gasteiger partial charge in [0.05, 0.1) is 11.7 Å². The highest BCUT2D eigenvalue weighted by molar-refractivity contribution is 5.94. The standard InChI is InChI=1S/C27H29N7O2/c1-33-11-13-34(14-12-33)25(35)9-6-18-15-19(26(28)36)5-8-22(18)23-3-2-10-29-27(23)31-21-7-4-20-17-30-32-24(20)16-21/h2-5,7-8,10,15-17H,6,9,11-14H2,1H3,(H2,28,36)(H,29,31)(H,30,32). The number of primary amides is 1. The Morgan fingerprint density at radius 1 is 1.06 bits per heavy atom. The van der Waals surface area contributed by atoms with E-state index in [1.165, 1.54) is 0 Å². The summed E-state index contributed by atoms with van der Waals surface area (Å²) in [5.41, 5.74) is 10.5. The number of nitrogens with zero attached hydrogens (tertiary/aromatic N) is 4. The number of aryl methyl sites for hydroxylation is 1. The maximum Gasteiger partial charge on any atom is 0.248 e. The molecule has 5 rings (SSSR count).